The maximum Gasteiger partial charge on any atom is 0.338 e. The molecular weight excluding hydrogens is 275 g/mol. The van der Waals surface area contributed by atoms with Gasteiger partial charge in [0.15, 0.2) is 6.79 Å². The molecule has 0 N–H and O–H groups in total. The van der Waals surface area contributed by atoms with E-state index in [1.165, 1.54) is 32.4 Å². The van der Waals surface area contributed by atoms with Gasteiger partial charge >= 0.3 is 5.97 Å². The highest BCUT2D eigenvalue weighted by Crippen LogP contribution is 2.30. The number of esters is 1. The second-order valence-electron chi connectivity index (χ2n) is 4.18. The predicted molar refractivity (Wildman–Crippen MR) is 75.7 cm³/mol. The zero-order chi connectivity index (χ0) is 15.4. The lowest BCUT2D eigenvalue weighted by Gasteiger charge is -2.12. The monoisotopic (exact) mass is 288 g/mol. The highest BCUT2D eigenvalue weighted by Gasteiger charge is 2.17. The van der Waals surface area contributed by atoms with E-state index in [1.54, 1.807) is 6.07 Å². The predicted octanol–water partition coefficient (Wildman–Crippen LogP) is 2.73. The Morgan fingerprint density at radius 3 is 2.71 bits per heavy atom. The van der Waals surface area contributed by atoms with E-state index >= 15 is 0 Å². The highest BCUT2D eigenvalue weighted by molar-refractivity contribution is 6.07. The van der Waals surface area contributed by atoms with E-state index in [9.17, 15) is 9.18 Å². The van der Waals surface area contributed by atoms with Crippen LogP contribution in [-0.4, -0.2) is 27.0 Å². The van der Waals surface area contributed by atoms with Gasteiger partial charge in [0.1, 0.15) is 11.6 Å². The van der Waals surface area contributed by atoms with Crippen LogP contribution in [0.25, 0.3) is 10.8 Å². The van der Waals surface area contributed by atoms with Gasteiger partial charge < -0.3 is 14.2 Å². The average Bonchev–Trinajstić information content (AvgIpc) is 2.51. The molecule has 0 amide bonds. The SMILES string of the molecule is C#Cc1c(F)ccc2cc(OCOC)cc(C(=O)OC)c12. The van der Waals surface area contributed by atoms with Crippen molar-refractivity contribution < 1.29 is 23.4 Å². The summed E-state index contributed by atoms with van der Waals surface area (Å²) in [5.41, 5.74) is 0.166. The molecule has 0 bridgehead atoms. The third kappa shape index (κ3) is 2.81. The number of carbonyl (C=O) groups is 1. The lowest BCUT2D eigenvalue weighted by molar-refractivity contribution is 0.0505. The van der Waals surface area contributed by atoms with Crippen LogP contribution in [0.4, 0.5) is 4.39 Å². The molecular formula is C16H13FO4. The van der Waals surface area contributed by atoms with Gasteiger partial charge in [-0.25, -0.2) is 9.18 Å². The zero-order valence-electron chi connectivity index (χ0n) is 11.6. The Morgan fingerprint density at radius 2 is 2.10 bits per heavy atom. The van der Waals surface area contributed by atoms with Gasteiger partial charge in [-0.15, -0.1) is 6.42 Å². The van der Waals surface area contributed by atoms with Crippen LogP contribution in [0.2, 0.25) is 0 Å². The number of carbonyl (C=O) groups excluding carboxylic acids is 1. The number of hydrogen-bond acceptors (Lipinski definition) is 4. The minimum absolute atomic E-state index is 0.0196. The van der Waals surface area contributed by atoms with Gasteiger partial charge in [-0.1, -0.05) is 12.0 Å². The number of halogens is 1. The van der Waals surface area contributed by atoms with Crippen LogP contribution in [-0.2, 0) is 9.47 Å². The molecule has 0 fully saturated rings. The summed E-state index contributed by atoms with van der Waals surface area (Å²) in [6.07, 6.45) is 5.35. The third-order valence-corrected chi connectivity index (χ3v) is 2.93. The molecule has 0 aliphatic rings. The first kappa shape index (κ1) is 14.8. The Bertz CT molecular complexity index is 731. The summed E-state index contributed by atoms with van der Waals surface area (Å²) in [5, 5.41) is 0.910. The number of fused-ring (bicyclic) bond motifs is 1. The molecule has 0 aliphatic heterocycles. The quantitative estimate of drug-likeness (QED) is 0.493. The van der Waals surface area contributed by atoms with E-state index in [0.717, 1.165) is 0 Å². The lowest BCUT2D eigenvalue weighted by atomic mass is 9.98. The summed E-state index contributed by atoms with van der Waals surface area (Å²) >= 11 is 0. The number of benzene rings is 2. The van der Waals surface area contributed by atoms with Crippen LogP contribution in [0.15, 0.2) is 24.3 Å². The Hall–Kier alpha value is -2.58. The fraction of sp³-hybridized carbons (Fsp3) is 0.188. The van der Waals surface area contributed by atoms with Gasteiger partial charge in [0.2, 0.25) is 0 Å². The van der Waals surface area contributed by atoms with E-state index in [4.69, 9.17) is 20.6 Å². The van der Waals surface area contributed by atoms with Crippen molar-refractivity contribution >= 4 is 16.7 Å². The average molecular weight is 288 g/mol. The molecule has 21 heavy (non-hydrogen) atoms. The van der Waals surface area contributed by atoms with Crippen LogP contribution >= 0.6 is 0 Å². The number of rotatable bonds is 4. The van der Waals surface area contributed by atoms with Crippen molar-refractivity contribution in [3.8, 4) is 18.1 Å². The molecule has 0 atom stereocenters. The minimum atomic E-state index is -0.620. The zero-order valence-corrected chi connectivity index (χ0v) is 11.6. The summed E-state index contributed by atoms with van der Waals surface area (Å²) in [6.45, 7) is 0.0231. The summed E-state index contributed by atoms with van der Waals surface area (Å²) in [4.78, 5) is 11.9. The molecule has 0 saturated carbocycles. The maximum absolute atomic E-state index is 13.8. The van der Waals surface area contributed by atoms with E-state index in [2.05, 4.69) is 5.92 Å². The number of hydrogen-bond donors (Lipinski definition) is 0. The molecule has 0 radical (unpaired) electrons. The van der Waals surface area contributed by atoms with Crippen LogP contribution < -0.4 is 4.74 Å². The molecule has 0 heterocycles. The molecule has 2 aromatic carbocycles. The fourth-order valence-electron chi connectivity index (χ4n) is 2.04. The maximum atomic E-state index is 13.8. The molecule has 2 aromatic rings. The van der Waals surface area contributed by atoms with Crippen LogP contribution in [0, 0.1) is 18.2 Å². The first-order valence-corrected chi connectivity index (χ1v) is 6.05. The highest BCUT2D eigenvalue weighted by atomic mass is 19.1. The summed E-state index contributed by atoms with van der Waals surface area (Å²) in [6, 6.07) is 5.88. The third-order valence-electron chi connectivity index (χ3n) is 2.93. The normalized spacial score (nSPS) is 10.2. The second kappa shape index (κ2) is 6.25. The molecule has 0 aromatic heterocycles. The molecule has 4 nitrogen and oxygen atoms in total. The standard InChI is InChI=1S/C16H13FO4/c1-4-12-14(17)6-5-10-7-11(21-9-19-2)8-13(15(10)12)16(18)20-3/h1,5-8H,9H2,2-3H3. The molecule has 2 rings (SSSR count). The van der Waals surface area contributed by atoms with Crippen molar-refractivity contribution in [3.05, 3.63) is 41.2 Å². The van der Waals surface area contributed by atoms with E-state index < -0.39 is 11.8 Å². The van der Waals surface area contributed by atoms with Gasteiger partial charge in [-0.3, -0.25) is 0 Å². The summed E-state index contributed by atoms with van der Waals surface area (Å²) < 4.78 is 28.7. The lowest BCUT2D eigenvalue weighted by Crippen LogP contribution is -2.06. The van der Waals surface area contributed by atoms with Gasteiger partial charge in [-0.2, -0.15) is 0 Å². The summed E-state index contributed by atoms with van der Waals surface area (Å²) in [5.74, 6) is 1.48. The first-order valence-electron chi connectivity index (χ1n) is 6.05. The molecule has 0 unspecified atom stereocenters. The Labute approximate surface area is 121 Å². The van der Waals surface area contributed by atoms with Gasteiger partial charge in [0.05, 0.1) is 18.2 Å². The van der Waals surface area contributed by atoms with Crippen molar-refractivity contribution in [3.63, 3.8) is 0 Å². The fourth-order valence-corrected chi connectivity index (χ4v) is 2.04. The Morgan fingerprint density at radius 1 is 1.33 bits per heavy atom. The van der Waals surface area contributed by atoms with Crippen molar-refractivity contribution in [1.29, 1.82) is 0 Å². The van der Waals surface area contributed by atoms with E-state index in [0.29, 0.717) is 16.5 Å². The van der Waals surface area contributed by atoms with Crippen molar-refractivity contribution in [2.45, 2.75) is 0 Å². The van der Waals surface area contributed by atoms with Gasteiger partial charge in [0.25, 0.3) is 0 Å². The molecule has 5 heteroatoms. The topological polar surface area (TPSA) is 44.8 Å². The second-order valence-corrected chi connectivity index (χ2v) is 4.18. The van der Waals surface area contributed by atoms with E-state index in [1.807, 2.05) is 0 Å². The van der Waals surface area contributed by atoms with E-state index in [-0.39, 0.29) is 17.9 Å². The number of ether oxygens (including phenoxy) is 3. The Balaban J connectivity index is 2.75. The van der Waals surface area contributed by atoms with Crippen molar-refractivity contribution in [2.75, 3.05) is 21.0 Å². The molecule has 0 aliphatic carbocycles. The summed E-state index contributed by atoms with van der Waals surface area (Å²) in [7, 11) is 2.72. The first-order chi connectivity index (χ1) is 10.1. The van der Waals surface area contributed by atoms with Crippen LogP contribution in [0.1, 0.15) is 15.9 Å². The van der Waals surface area contributed by atoms with Gasteiger partial charge in [0, 0.05) is 12.5 Å². The number of methoxy groups -OCH3 is 2. The number of terminal acetylenes is 1. The minimum Gasteiger partial charge on any atom is -0.468 e. The van der Waals surface area contributed by atoms with Crippen molar-refractivity contribution in [1.82, 2.24) is 0 Å². The molecule has 108 valence electrons. The largest absolute Gasteiger partial charge is 0.468 e. The smallest absolute Gasteiger partial charge is 0.338 e. The van der Waals surface area contributed by atoms with Crippen LogP contribution in [0.3, 0.4) is 0 Å². The van der Waals surface area contributed by atoms with Crippen molar-refractivity contribution in [2.24, 2.45) is 0 Å². The van der Waals surface area contributed by atoms with Crippen LogP contribution in [0.5, 0.6) is 5.75 Å². The Kier molecular flexibility index (Phi) is 4.41. The molecule has 0 saturated heterocycles. The molecule has 0 spiro atoms. The van der Waals surface area contributed by atoms with Gasteiger partial charge in [-0.05, 0) is 23.6 Å².